The van der Waals surface area contributed by atoms with Crippen molar-refractivity contribution in [2.45, 2.75) is 18.7 Å². The number of anilines is 1. The van der Waals surface area contributed by atoms with E-state index in [-0.39, 0.29) is 16.2 Å². The molecule has 0 radical (unpaired) electrons. The Balaban J connectivity index is 1.75. The highest BCUT2D eigenvalue weighted by atomic mass is 32.2. The highest BCUT2D eigenvalue weighted by Gasteiger charge is 2.24. The highest BCUT2D eigenvalue weighted by Crippen LogP contribution is 2.26. The first kappa shape index (κ1) is 23.0. The van der Waals surface area contributed by atoms with Crippen LogP contribution < -0.4 is 9.08 Å². The third kappa shape index (κ3) is 5.33. The minimum absolute atomic E-state index is 0.0142. The zero-order valence-electron chi connectivity index (χ0n) is 17.9. The molecule has 0 bridgehead atoms. The van der Waals surface area contributed by atoms with Gasteiger partial charge in [-0.1, -0.05) is 42.5 Å². The van der Waals surface area contributed by atoms with Crippen LogP contribution in [0.5, 0.6) is 5.75 Å². The van der Waals surface area contributed by atoms with Crippen molar-refractivity contribution in [1.29, 1.82) is 0 Å². The van der Waals surface area contributed by atoms with Crippen molar-refractivity contribution >= 4 is 27.7 Å². The number of likely N-dealkylation sites (N-methyl/N-ethyl adjacent to an activating group) is 1. The maximum Gasteiger partial charge on any atom is 0.342 e. The summed E-state index contributed by atoms with van der Waals surface area (Å²) < 4.78 is 36.1. The Morgan fingerprint density at radius 2 is 1.56 bits per heavy atom. The molecule has 166 valence electrons. The fourth-order valence-corrected chi connectivity index (χ4v) is 4.21. The van der Waals surface area contributed by atoms with Crippen LogP contribution in [0.2, 0.25) is 0 Å². The van der Waals surface area contributed by atoms with Gasteiger partial charge in [-0.15, -0.1) is 0 Å². The van der Waals surface area contributed by atoms with E-state index in [1.807, 2.05) is 6.07 Å². The number of benzene rings is 3. The molecule has 0 aliphatic carbocycles. The van der Waals surface area contributed by atoms with Gasteiger partial charge >= 0.3 is 16.1 Å². The Morgan fingerprint density at radius 1 is 0.906 bits per heavy atom. The van der Waals surface area contributed by atoms with Crippen molar-refractivity contribution in [1.82, 2.24) is 0 Å². The van der Waals surface area contributed by atoms with Crippen molar-refractivity contribution in [3.8, 4) is 5.75 Å². The van der Waals surface area contributed by atoms with E-state index in [9.17, 15) is 18.0 Å². The predicted octanol–water partition coefficient (Wildman–Crippen LogP) is 3.89. The molecule has 0 unspecified atom stereocenters. The Kier molecular flexibility index (Phi) is 6.95. The second kappa shape index (κ2) is 9.65. The van der Waals surface area contributed by atoms with Gasteiger partial charge in [-0.2, -0.15) is 8.42 Å². The van der Waals surface area contributed by atoms with Gasteiger partial charge in [0.25, 0.3) is 5.91 Å². The van der Waals surface area contributed by atoms with Crippen LogP contribution in [0.25, 0.3) is 0 Å². The summed E-state index contributed by atoms with van der Waals surface area (Å²) in [5, 5.41) is 0. The van der Waals surface area contributed by atoms with Gasteiger partial charge in [0.1, 0.15) is 10.5 Å². The topological polar surface area (TPSA) is 90.0 Å². The third-order valence-corrected chi connectivity index (χ3v) is 6.14. The zero-order valence-corrected chi connectivity index (χ0v) is 18.8. The molecule has 0 aromatic heterocycles. The van der Waals surface area contributed by atoms with Gasteiger partial charge < -0.3 is 13.8 Å². The molecule has 3 aromatic carbocycles. The second-order valence-electron chi connectivity index (χ2n) is 7.17. The first-order valence-electron chi connectivity index (χ1n) is 9.78. The fraction of sp³-hybridized carbons (Fsp3) is 0.167. The third-order valence-electron chi connectivity index (χ3n) is 4.76. The minimum atomic E-state index is -4.19. The van der Waals surface area contributed by atoms with Gasteiger partial charge in [0.15, 0.2) is 12.4 Å². The molecule has 32 heavy (non-hydrogen) atoms. The van der Waals surface area contributed by atoms with Crippen LogP contribution >= 0.6 is 0 Å². The molecule has 0 heterocycles. The first-order valence-corrected chi connectivity index (χ1v) is 11.2. The Labute approximate surface area is 187 Å². The van der Waals surface area contributed by atoms with Crippen LogP contribution in [0.1, 0.15) is 21.5 Å². The molecule has 0 spiro atoms. The lowest BCUT2D eigenvalue weighted by Gasteiger charge is -2.17. The molecule has 0 saturated carbocycles. The van der Waals surface area contributed by atoms with E-state index in [1.165, 1.54) is 23.1 Å². The van der Waals surface area contributed by atoms with Crippen LogP contribution in [0.4, 0.5) is 5.69 Å². The van der Waals surface area contributed by atoms with Gasteiger partial charge in [-0.3, -0.25) is 4.79 Å². The zero-order chi connectivity index (χ0) is 23.3. The number of carbonyl (C=O) groups excluding carboxylic acids is 2. The molecule has 0 fully saturated rings. The summed E-state index contributed by atoms with van der Waals surface area (Å²) in [5.41, 5.74) is 1.82. The molecule has 0 N–H and O–H groups in total. The van der Waals surface area contributed by atoms with Gasteiger partial charge in [-0.25, -0.2) is 4.79 Å². The van der Waals surface area contributed by atoms with Crippen LogP contribution in [-0.2, 0) is 19.6 Å². The van der Waals surface area contributed by atoms with Crippen molar-refractivity contribution in [2.24, 2.45) is 0 Å². The van der Waals surface area contributed by atoms with E-state index >= 15 is 0 Å². The number of hydrogen-bond acceptors (Lipinski definition) is 6. The van der Waals surface area contributed by atoms with Crippen molar-refractivity contribution in [3.05, 3.63) is 89.5 Å². The van der Waals surface area contributed by atoms with E-state index < -0.39 is 28.6 Å². The van der Waals surface area contributed by atoms with Crippen LogP contribution in [-0.4, -0.2) is 33.9 Å². The highest BCUT2D eigenvalue weighted by molar-refractivity contribution is 7.87. The maximum atomic E-state index is 12.8. The van der Waals surface area contributed by atoms with Crippen LogP contribution in [0, 0.1) is 13.8 Å². The number of ether oxygens (including phenoxy) is 1. The summed E-state index contributed by atoms with van der Waals surface area (Å²) in [5.74, 6) is -1.49. The molecule has 1 amide bonds. The normalized spacial score (nSPS) is 11.0. The smallest absolute Gasteiger partial charge is 0.342 e. The van der Waals surface area contributed by atoms with Gasteiger partial charge in [0.2, 0.25) is 0 Å². The molecule has 0 saturated heterocycles. The monoisotopic (exact) mass is 453 g/mol. The summed E-state index contributed by atoms with van der Waals surface area (Å²) in [6, 6.07) is 19.7. The van der Waals surface area contributed by atoms with Crippen molar-refractivity contribution in [3.63, 3.8) is 0 Å². The second-order valence-corrected chi connectivity index (χ2v) is 8.68. The lowest BCUT2D eigenvalue weighted by molar-refractivity contribution is -0.121. The number of hydrogen-bond donors (Lipinski definition) is 0. The van der Waals surface area contributed by atoms with Gasteiger partial charge in [0, 0.05) is 12.7 Å². The molecule has 0 atom stereocenters. The van der Waals surface area contributed by atoms with Gasteiger partial charge in [0.05, 0.1) is 0 Å². The molecule has 3 rings (SSSR count). The van der Waals surface area contributed by atoms with E-state index in [0.29, 0.717) is 11.3 Å². The Hall–Kier alpha value is -3.65. The van der Waals surface area contributed by atoms with Crippen molar-refractivity contribution in [2.75, 3.05) is 18.6 Å². The number of aryl methyl sites for hydroxylation is 2. The average molecular weight is 454 g/mol. The molecule has 8 heteroatoms. The quantitative estimate of drug-likeness (QED) is 0.398. The summed E-state index contributed by atoms with van der Waals surface area (Å²) in [4.78, 5) is 26.3. The van der Waals surface area contributed by atoms with Gasteiger partial charge in [-0.05, 0) is 55.3 Å². The number of rotatable bonds is 7. The van der Waals surface area contributed by atoms with E-state index in [4.69, 9.17) is 8.92 Å². The fourth-order valence-electron chi connectivity index (χ4n) is 2.95. The maximum absolute atomic E-state index is 12.8. The number of para-hydroxylation sites is 2. The predicted molar refractivity (Wildman–Crippen MR) is 120 cm³/mol. The summed E-state index contributed by atoms with van der Waals surface area (Å²) in [6.45, 7) is 2.92. The molecule has 3 aromatic rings. The molecular formula is C24H23NO6S. The SMILES string of the molecule is Cc1ccc(C)c(S(=O)(=O)Oc2ccccc2C(=O)OCC(=O)N(C)c2ccccc2)c1. The van der Waals surface area contributed by atoms with E-state index in [1.54, 1.807) is 69.4 Å². The number of carbonyl (C=O) groups is 2. The largest absolute Gasteiger partial charge is 0.452 e. The van der Waals surface area contributed by atoms with Crippen molar-refractivity contribution < 1.29 is 26.9 Å². The summed E-state index contributed by atoms with van der Waals surface area (Å²) in [6.07, 6.45) is 0. The number of nitrogens with zero attached hydrogens (tertiary/aromatic N) is 1. The molecular weight excluding hydrogens is 430 g/mol. The standard InChI is InChI=1S/C24H23NO6S/c1-17-13-14-18(2)22(15-17)32(28,29)31-21-12-8-7-11-20(21)24(27)30-16-23(26)25(3)19-9-5-4-6-10-19/h4-15H,16H2,1-3H3. The lowest BCUT2D eigenvalue weighted by Crippen LogP contribution is -2.31. The molecule has 7 nitrogen and oxygen atoms in total. The number of esters is 1. The molecule has 0 aliphatic heterocycles. The first-order chi connectivity index (χ1) is 15.2. The Bertz CT molecular complexity index is 1240. The minimum Gasteiger partial charge on any atom is -0.452 e. The average Bonchev–Trinajstić information content (AvgIpc) is 2.79. The van der Waals surface area contributed by atoms with Crippen LogP contribution in [0.15, 0.2) is 77.7 Å². The molecule has 0 aliphatic rings. The number of amides is 1. The summed E-state index contributed by atoms with van der Waals surface area (Å²) >= 11 is 0. The van der Waals surface area contributed by atoms with E-state index in [2.05, 4.69) is 0 Å². The summed E-state index contributed by atoms with van der Waals surface area (Å²) in [7, 11) is -2.62. The van der Waals surface area contributed by atoms with Crippen LogP contribution in [0.3, 0.4) is 0 Å². The van der Waals surface area contributed by atoms with E-state index in [0.717, 1.165) is 5.56 Å². The lowest BCUT2D eigenvalue weighted by atomic mass is 10.2. The Morgan fingerprint density at radius 3 is 2.28 bits per heavy atom.